The molecule has 2 nitrogen and oxygen atoms in total. The second-order valence-corrected chi connectivity index (χ2v) is 4.75. The molecule has 0 N–H and O–H groups in total. The van der Waals surface area contributed by atoms with E-state index in [1.165, 1.54) is 6.42 Å². The molecule has 0 spiro atoms. The Bertz CT molecular complexity index is 403. The molecule has 1 saturated carbocycles. The van der Waals surface area contributed by atoms with Crippen molar-refractivity contribution in [1.29, 1.82) is 0 Å². The third-order valence-corrected chi connectivity index (χ3v) is 3.34. The van der Waals surface area contributed by atoms with Gasteiger partial charge in [0, 0.05) is 5.56 Å². The van der Waals surface area contributed by atoms with Crippen molar-refractivity contribution in [3.8, 4) is 5.75 Å². The Morgan fingerprint density at radius 2 is 1.78 bits per heavy atom. The SMILES string of the molecule is O=Cc1cc(F)c(OCC2CCCCC2)c(F)c1. The molecular weight excluding hydrogens is 238 g/mol. The number of benzene rings is 1. The van der Waals surface area contributed by atoms with Crippen LogP contribution in [0.5, 0.6) is 5.75 Å². The molecule has 0 bridgehead atoms. The third-order valence-electron chi connectivity index (χ3n) is 3.34. The van der Waals surface area contributed by atoms with Gasteiger partial charge in [-0.15, -0.1) is 0 Å². The first-order valence-corrected chi connectivity index (χ1v) is 6.27. The van der Waals surface area contributed by atoms with E-state index in [4.69, 9.17) is 4.74 Å². The van der Waals surface area contributed by atoms with E-state index in [0.29, 0.717) is 18.8 Å². The molecule has 18 heavy (non-hydrogen) atoms. The van der Waals surface area contributed by atoms with Gasteiger partial charge in [-0.05, 0) is 30.9 Å². The molecule has 98 valence electrons. The van der Waals surface area contributed by atoms with Gasteiger partial charge in [-0.3, -0.25) is 4.79 Å². The van der Waals surface area contributed by atoms with Crippen LogP contribution in [0.3, 0.4) is 0 Å². The lowest BCUT2D eigenvalue weighted by atomic mass is 9.90. The summed E-state index contributed by atoms with van der Waals surface area (Å²) in [7, 11) is 0. The zero-order valence-corrected chi connectivity index (χ0v) is 10.1. The highest BCUT2D eigenvalue weighted by Crippen LogP contribution is 2.27. The summed E-state index contributed by atoms with van der Waals surface area (Å²) in [4.78, 5) is 10.5. The van der Waals surface area contributed by atoms with E-state index in [0.717, 1.165) is 37.8 Å². The first-order chi connectivity index (χ1) is 8.70. The van der Waals surface area contributed by atoms with Crippen LogP contribution in [0, 0.1) is 17.6 Å². The number of rotatable bonds is 4. The van der Waals surface area contributed by atoms with Gasteiger partial charge in [0.05, 0.1) is 6.61 Å². The van der Waals surface area contributed by atoms with Crippen LogP contribution in [0.15, 0.2) is 12.1 Å². The highest BCUT2D eigenvalue weighted by molar-refractivity contribution is 5.75. The quantitative estimate of drug-likeness (QED) is 0.765. The maximum Gasteiger partial charge on any atom is 0.190 e. The molecule has 4 heteroatoms. The molecule has 1 aromatic carbocycles. The number of ether oxygens (including phenoxy) is 1. The first-order valence-electron chi connectivity index (χ1n) is 6.27. The molecule has 0 heterocycles. The number of carbonyl (C=O) groups is 1. The Morgan fingerprint density at radius 3 is 2.33 bits per heavy atom. The van der Waals surface area contributed by atoms with Crippen LogP contribution >= 0.6 is 0 Å². The molecular formula is C14H16F2O2. The van der Waals surface area contributed by atoms with E-state index in [2.05, 4.69) is 0 Å². The summed E-state index contributed by atoms with van der Waals surface area (Å²) in [5, 5.41) is 0. The average molecular weight is 254 g/mol. The molecule has 1 aromatic rings. The largest absolute Gasteiger partial charge is 0.487 e. The molecule has 0 saturated heterocycles. The molecule has 0 unspecified atom stereocenters. The molecule has 0 aliphatic heterocycles. The number of aldehydes is 1. The topological polar surface area (TPSA) is 26.3 Å². The predicted octanol–water partition coefficient (Wildman–Crippen LogP) is 3.74. The highest BCUT2D eigenvalue weighted by Gasteiger charge is 2.17. The zero-order chi connectivity index (χ0) is 13.0. The van der Waals surface area contributed by atoms with Crippen LogP contribution < -0.4 is 4.74 Å². The van der Waals surface area contributed by atoms with Crippen LogP contribution in [0.4, 0.5) is 8.78 Å². The van der Waals surface area contributed by atoms with Gasteiger partial charge >= 0.3 is 0 Å². The summed E-state index contributed by atoms with van der Waals surface area (Å²) < 4.78 is 32.3. The van der Waals surface area contributed by atoms with Gasteiger partial charge in [-0.1, -0.05) is 19.3 Å². The van der Waals surface area contributed by atoms with E-state index in [1.807, 2.05) is 0 Å². The number of halogens is 2. The molecule has 0 aromatic heterocycles. The normalized spacial score (nSPS) is 16.6. The highest BCUT2D eigenvalue weighted by atomic mass is 19.1. The van der Waals surface area contributed by atoms with Crippen LogP contribution in [-0.4, -0.2) is 12.9 Å². The summed E-state index contributed by atoms with van der Waals surface area (Å²) in [6.07, 6.45) is 6.06. The number of hydrogen-bond acceptors (Lipinski definition) is 2. The number of carbonyl (C=O) groups excluding carboxylic acids is 1. The summed E-state index contributed by atoms with van der Waals surface area (Å²) in [6.45, 7) is 0.342. The van der Waals surface area contributed by atoms with E-state index in [-0.39, 0.29) is 11.3 Å². The fourth-order valence-electron chi connectivity index (χ4n) is 2.34. The van der Waals surface area contributed by atoms with Crippen molar-refractivity contribution >= 4 is 6.29 Å². The van der Waals surface area contributed by atoms with Gasteiger partial charge < -0.3 is 4.74 Å². The Morgan fingerprint density at radius 1 is 1.17 bits per heavy atom. The van der Waals surface area contributed by atoms with E-state index in [1.54, 1.807) is 0 Å². The Labute approximate surface area is 105 Å². The summed E-state index contributed by atoms with van der Waals surface area (Å²) in [5.74, 6) is -1.62. The maximum atomic E-state index is 13.5. The van der Waals surface area contributed by atoms with Crippen molar-refractivity contribution in [1.82, 2.24) is 0 Å². The fraction of sp³-hybridized carbons (Fsp3) is 0.500. The lowest BCUT2D eigenvalue weighted by Gasteiger charge is -2.21. The van der Waals surface area contributed by atoms with Gasteiger partial charge in [0.2, 0.25) is 0 Å². The second-order valence-electron chi connectivity index (χ2n) is 4.75. The molecule has 0 amide bonds. The van der Waals surface area contributed by atoms with Crippen molar-refractivity contribution in [2.45, 2.75) is 32.1 Å². The summed E-state index contributed by atoms with van der Waals surface area (Å²) in [6, 6.07) is 1.98. The van der Waals surface area contributed by atoms with E-state index >= 15 is 0 Å². The monoisotopic (exact) mass is 254 g/mol. The molecule has 0 radical (unpaired) electrons. The average Bonchev–Trinajstić information content (AvgIpc) is 2.38. The lowest BCUT2D eigenvalue weighted by molar-refractivity contribution is 0.112. The summed E-state index contributed by atoms with van der Waals surface area (Å²) in [5.41, 5.74) is -0.0185. The fourth-order valence-corrected chi connectivity index (χ4v) is 2.34. The van der Waals surface area contributed by atoms with Crippen molar-refractivity contribution in [3.63, 3.8) is 0 Å². The minimum Gasteiger partial charge on any atom is -0.487 e. The molecule has 1 aliphatic rings. The Balaban J connectivity index is 2.02. The third kappa shape index (κ3) is 3.06. The lowest BCUT2D eigenvalue weighted by Crippen LogP contribution is -2.16. The molecule has 0 atom stereocenters. The van der Waals surface area contributed by atoms with Crippen LogP contribution in [0.1, 0.15) is 42.5 Å². The van der Waals surface area contributed by atoms with Gasteiger partial charge in [-0.2, -0.15) is 0 Å². The second kappa shape index (κ2) is 5.94. The van der Waals surface area contributed by atoms with Crippen molar-refractivity contribution < 1.29 is 18.3 Å². The summed E-state index contributed by atoms with van der Waals surface area (Å²) >= 11 is 0. The maximum absolute atomic E-state index is 13.5. The smallest absolute Gasteiger partial charge is 0.190 e. The van der Waals surface area contributed by atoms with Gasteiger partial charge in [0.25, 0.3) is 0 Å². The van der Waals surface area contributed by atoms with Gasteiger partial charge in [-0.25, -0.2) is 8.78 Å². The van der Waals surface area contributed by atoms with Gasteiger partial charge in [0.1, 0.15) is 6.29 Å². The van der Waals surface area contributed by atoms with E-state index in [9.17, 15) is 13.6 Å². The predicted molar refractivity (Wildman–Crippen MR) is 63.8 cm³/mol. The van der Waals surface area contributed by atoms with Crippen LogP contribution in [-0.2, 0) is 0 Å². The Kier molecular flexibility index (Phi) is 4.28. The molecule has 1 aliphatic carbocycles. The Hall–Kier alpha value is -1.45. The first kappa shape index (κ1) is 13.0. The van der Waals surface area contributed by atoms with Crippen molar-refractivity contribution in [2.24, 2.45) is 5.92 Å². The van der Waals surface area contributed by atoms with Crippen LogP contribution in [0.25, 0.3) is 0 Å². The molecule has 2 rings (SSSR count). The van der Waals surface area contributed by atoms with Crippen molar-refractivity contribution in [2.75, 3.05) is 6.61 Å². The standard InChI is InChI=1S/C14H16F2O2/c15-12-6-11(8-17)7-13(16)14(12)18-9-10-4-2-1-3-5-10/h6-8,10H,1-5,9H2. The molecule has 1 fully saturated rings. The number of hydrogen-bond donors (Lipinski definition) is 0. The van der Waals surface area contributed by atoms with Gasteiger partial charge in [0.15, 0.2) is 17.4 Å². The van der Waals surface area contributed by atoms with Crippen molar-refractivity contribution in [3.05, 3.63) is 29.3 Å². The minimum absolute atomic E-state index is 0.0185. The van der Waals surface area contributed by atoms with Crippen LogP contribution in [0.2, 0.25) is 0 Å². The zero-order valence-electron chi connectivity index (χ0n) is 10.1. The van der Waals surface area contributed by atoms with E-state index < -0.39 is 11.6 Å². The minimum atomic E-state index is -0.812.